The molecule has 2 fully saturated rings. The van der Waals surface area contributed by atoms with E-state index < -0.39 is 0 Å². The molecule has 0 amide bonds. The molecule has 1 aliphatic carbocycles. The Morgan fingerprint density at radius 2 is 1.90 bits per heavy atom. The summed E-state index contributed by atoms with van der Waals surface area (Å²) in [6, 6.07) is 2.38. The Morgan fingerprint density at radius 1 is 1.10 bits per heavy atom. The highest BCUT2D eigenvalue weighted by molar-refractivity contribution is 4.95. The molecular formula is C19H38N2. The molecule has 2 nitrogen and oxygen atoms in total. The van der Waals surface area contributed by atoms with Crippen molar-refractivity contribution in [1.82, 2.24) is 10.2 Å². The molecule has 1 saturated carbocycles. The first-order valence-electron chi connectivity index (χ1n) is 9.66. The van der Waals surface area contributed by atoms with Crippen LogP contribution in [0, 0.1) is 11.8 Å². The lowest BCUT2D eigenvalue weighted by Crippen LogP contribution is -2.57. The van der Waals surface area contributed by atoms with Crippen LogP contribution >= 0.6 is 0 Å². The number of piperidine rings is 1. The molecule has 0 radical (unpaired) electrons. The number of nitrogens with zero attached hydrogens (tertiary/aromatic N) is 1. The molecule has 1 N–H and O–H groups in total. The SMILES string of the molecule is CCCNC1CCC(C(C)C)CC1N1CCCCC1CC. The van der Waals surface area contributed by atoms with Crippen LogP contribution in [0.15, 0.2) is 0 Å². The van der Waals surface area contributed by atoms with E-state index in [1.54, 1.807) is 0 Å². The smallest absolute Gasteiger partial charge is 0.0255 e. The lowest BCUT2D eigenvalue weighted by Gasteiger charge is -2.48. The van der Waals surface area contributed by atoms with E-state index in [0.717, 1.165) is 30.0 Å². The molecule has 0 aromatic heterocycles. The molecule has 0 bridgehead atoms. The minimum absolute atomic E-state index is 0.743. The molecule has 2 aliphatic rings. The standard InChI is InChI=1S/C19H38N2/c1-5-12-20-18-11-10-16(15(3)4)14-19(18)21-13-8-7-9-17(21)6-2/h15-20H,5-14H2,1-4H3. The van der Waals surface area contributed by atoms with Crippen molar-refractivity contribution in [2.45, 2.75) is 97.2 Å². The van der Waals surface area contributed by atoms with Gasteiger partial charge in [-0.1, -0.05) is 34.1 Å². The second-order valence-electron chi connectivity index (χ2n) is 7.74. The van der Waals surface area contributed by atoms with Gasteiger partial charge in [-0.2, -0.15) is 0 Å². The predicted molar refractivity (Wildman–Crippen MR) is 92.7 cm³/mol. The predicted octanol–water partition coefficient (Wildman–Crippen LogP) is 4.44. The molecular weight excluding hydrogens is 256 g/mol. The van der Waals surface area contributed by atoms with E-state index in [0.29, 0.717) is 0 Å². The Labute approximate surface area is 133 Å². The number of nitrogens with one attached hydrogen (secondary N) is 1. The highest BCUT2D eigenvalue weighted by atomic mass is 15.2. The Balaban J connectivity index is 2.07. The van der Waals surface area contributed by atoms with E-state index >= 15 is 0 Å². The van der Waals surface area contributed by atoms with Crippen LogP contribution < -0.4 is 5.32 Å². The van der Waals surface area contributed by atoms with Gasteiger partial charge in [0.2, 0.25) is 0 Å². The molecule has 2 heteroatoms. The van der Waals surface area contributed by atoms with Crippen molar-refractivity contribution in [3.8, 4) is 0 Å². The summed E-state index contributed by atoms with van der Waals surface area (Å²) in [5.74, 6) is 1.79. The van der Waals surface area contributed by atoms with Gasteiger partial charge in [0.25, 0.3) is 0 Å². The molecule has 1 saturated heterocycles. The summed E-state index contributed by atoms with van der Waals surface area (Å²) < 4.78 is 0. The fourth-order valence-corrected chi connectivity index (χ4v) is 4.62. The first kappa shape index (κ1) is 17.3. The third kappa shape index (κ3) is 4.45. The number of hydrogen-bond acceptors (Lipinski definition) is 2. The summed E-state index contributed by atoms with van der Waals surface area (Å²) in [5.41, 5.74) is 0. The van der Waals surface area contributed by atoms with Gasteiger partial charge in [0.15, 0.2) is 0 Å². The van der Waals surface area contributed by atoms with E-state index in [-0.39, 0.29) is 0 Å². The second-order valence-corrected chi connectivity index (χ2v) is 7.74. The number of hydrogen-bond donors (Lipinski definition) is 1. The highest BCUT2D eigenvalue weighted by Crippen LogP contribution is 2.35. The van der Waals surface area contributed by atoms with Crippen molar-refractivity contribution in [3.05, 3.63) is 0 Å². The Kier molecular flexibility index (Phi) is 7.01. The third-order valence-corrected chi connectivity index (χ3v) is 6.03. The van der Waals surface area contributed by atoms with Crippen LogP contribution in [0.25, 0.3) is 0 Å². The fourth-order valence-electron chi connectivity index (χ4n) is 4.62. The topological polar surface area (TPSA) is 15.3 Å². The second kappa shape index (κ2) is 8.53. The van der Waals surface area contributed by atoms with Crippen LogP contribution in [0.2, 0.25) is 0 Å². The van der Waals surface area contributed by atoms with Crippen LogP contribution in [-0.4, -0.2) is 36.1 Å². The fraction of sp³-hybridized carbons (Fsp3) is 1.00. The summed E-state index contributed by atoms with van der Waals surface area (Å²) in [5, 5.41) is 3.88. The van der Waals surface area contributed by atoms with E-state index in [2.05, 4.69) is 37.9 Å². The third-order valence-electron chi connectivity index (χ3n) is 6.03. The summed E-state index contributed by atoms with van der Waals surface area (Å²) in [7, 11) is 0. The van der Waals surface area contributed by atoms with Crippen molar-refractivity contribution in [2.75, 3.05) is 13.1 Å². The zero-order valence-electron chi connectivity index (χ0n) is 14.9. The Hall–Kier alpha value is -0.0800. The van der Waals surface area contributed by atoms with Crippen LogP contribution in [-0.2, 0) is 0 Å². The lowest BCUT2D eigenvalue weighted by molar-refractivity contribution is 0.0281. The average Bonchev–Trinajstić information content (AvgIpc) is 2.52. The molecule has 124 valence electrons. The van der Waals surface area contributed by atoms with Crippen LogP contribution in [0.1, 0.15) is 79.1 Å². The molecule has 0 aromatic rings. The summed E-state index contributed by atoms with van der Waals surface area (Å²) in [6.45, 7) is 12.1. The maximum atomic E-state index is 3.88. The number of likely N-dealkylation sites (tertiary alicyclic amines) is 1. The normalized spacial score (nSPS) is 35.3. The average molecular weight is 295 g/mol. The molecule has 0 spiro atoms. The summed E-state index contributed by atoms with van der Waals surface area (Å²) in [4.78, 5) is 2.91. The van der Waals surface area contributed by atoms with Crippen molar-refractivity contribution in [1.29, 1.82) is 0 Å². The largest absolute Gasteiger partial charge is 0.312 e. The van der Waals surface area contributed by atoms with Crippen LogP contribution in [0.4, 0.5) is 0 Å². The van der Waals surface area contributed by atoms with Gasteiger partial charge < -0.3 is 5.32 Å². The van der Waals surface area contributed by atoms with Gasteiger partial charge in [-0.3, -0.25) is 4.90 Å². The molecule has 2 rings (SSSR count). The minimum Gasteiger partial charge on any atom is -0.312 e. The summed E-state index contributed by atoms with van der Waals surface area (Å²) >= 11 is 0. The van der Waals surface area contributed by atoms with Gasteiger partial charge in [-0.15, -0.1) is 0 Å². The van der Waals surface area contributed by atoms with Gasteiger partial charge in [0.05, 0.1) is 0 Å². The molecule has 4 atom stereocenters. The zero-order valence-corrected chi connectivity index (χ0v) is 14.9. The van der Waals surface area contributed by atoms with Gasteiger partial charge >= 0.3 is 0 Å². The van der Waals surface area contributed by atoms with Gasteiger partial charge in [0, 0.05) is 18.1 Å². The maximum absolute atomic E-state index is 3.88. The first-order chi connectivity index (χ1) is 10.2. The van der Waals surface area contributed by atoms with E-state index in [4.69, 9.17) is 0 Å². The van der Waals surface area contributed by atoms with E-state index in [1.165, 1.54) is 64.5 Å². The Bertz CT molecular complexity index is 289. The van der Waals surface area contributed by atoms with Crippen molar-refractivity contribution in [2.24, 2.45) is 11.8 Å². The summed E-state index contributed by atoms with van der Waals surface area (Å²) in [6.07, 6.45) is 11.1. The van der Waals surface area contributed by atoms with Crippen molar-refractivity contribution in [3.63, 3.8) is 0 Å². The lowest BCUT2D eigenvalue weighted by atomic mass is 9.75. The molecule has 21 heavy (non-hydrogen) atoms. The van der Waals surface area contributed by atoms with E-state index in [9.17, 15) is 0 Å². The van der Waals surface area contributed by atoms with Gasteiger partial charge in [-0.05, 0) is 69.9 Å². The van der Waals surface area contributed by atoms with Gasteiger partial charge in [0.1, 0.15) is 0 Å². The monoisotopic (exact) mass is 294 g/mol. The van der Waals surface area contributed by atoms with Crippen molar-refractivity contribution >= 4 is 0 Å². The Morgan fingerprint density at radius 3 is 2.57 bits per heavy atom. The molecule has 1 aliphatic heterocycles. The van der Waals surface area contributed by atoms with Crippen LogP contribution in [0.5, 0.6) is 0 Å². The van der Waals surface area contributed by atoms with Crippen LogP contribution in [0.3, 0.4) is 0 Å². The number of rotatable bonds is 6. The molecule has 0 aromatic carbocycles. The first-order valence-corrected chi connectivity index (χ1v) is 9.66. The molecule has 1 heterocycles. The zero-order chi connectivity index (χ0) is 15.2. The van der Waals surface area contributed by atoms with E-state index in [1.807, 2.05) is 0 Å². The highest BCUT2D eigenvalue weighted by Gasteiger charge is 2.38. The quantitative estimate of drug-likeness (QED) is 0.779. The van der Waals surface area contributed by atoms with Gasteiger partial charge in [-0.25, -0.2) is 0 Å². The van der Waals surface area contributed by atoms with Crippen molar-refractivity contribution < 1.29 is 0 Å². The maximum Gasteiger partial charge on any atom is 0.0255 e. The molecule has 4 unspecified atom stereocenters. The minimum atomic E-state index is 0.743.